The van der Waals surface area contributed by atoms with E-state index in [9.17, 15) is 4.79 Å². The molecule has 0 saturated carbocycles. The first-order chi connectivity index (χ1) is 5.74. The molecule has 0 aromatic rings. The molecule has 1 saturated heterocycles. The lowest BCUT2D eigenvalue weighted by atomic mass is 10.3. The van der Waals surface area contributed by atoms with Crippen molar-refractivity contribution in [3.05, 3.63) is 0 Å². The number of rotatable bonds is 3. The van der Waals surface area contributed by atoms with Crippen molar-refractivity contribution < 1.29 is 9.53 Å². The molecule has 1 unspecified atom stereocenters. The van der Waals surface area contributed by atoms with Crippen LogP contribution in [0.1, 0.15) is 13.3 Å². The molecule has 4 nitrogen and oxygen atoms in total. The molecule has 0 aromatic carbocycles. The average molecular weight is 172 g/mol. The number of hydrogen-bond acceptors (Lipinski definition) is 2. The Morgan fingerprint density at radius 2 is 2.50 bits per heavy atom. The van der Waals surface area contributed by atoms with Crippen molar-refractivity contribution in [3.63, 3.8) is 0 Å². The smallest absolute Gasteiger partial charge is 0.317 e. The number of nitrogens with one attached hydrogen (secondary N) is 1. The van der Waals surface area contributed by atoms with Crippen LogP contribution in [0.25, 0.3) is 0 Å². The summed E-state index contributed by atoms with van der Waals surface area (Å²) in [6.07, 6.45) is 1.15. The maximum atomic E-state index is 11.2. The number of hydrogen-bond donors (Lipinski definition) is 1. The third-order valence-electron chi connectivity index (χ3n) is 2.05. The van der Waals surface area contributed by atoms with Gasteiger partial charge in [-0.05, 0) is 13.3 Å². The molecule has 0 aliphatic carbocycles. The lowest BCUT2D eigenvalue weighted by Gasteiger charge is -2.29. The van der Waals surface area contributed by atoms with Gasteiger partial charge >= 0.3 is 6.03 Å². The molecule has 0 radical (unpaired) electrons. The highest BCUT2D eigenvalue weighted by Gasteiger charge is 2.18. The Kier molecular flexibility index (Phi) is 3.34. The first-order valence-electron chi connectivity index (χ1n) is 4.29. The minimum Gasteiger partial charge on any atom is -0.380 e. The van der Waals surface area contributed by atoms with Gasteiger partial charge in [-0.2, -0.15) is 0 Å². The van der Waals surface area contributed by atoms with Crippen molar-refractivity contribution in [3.8, 4) is 0 Å². The van der Waals surface area contributed by atoms with E-state index < -0.39 is 0 Å². The van der Waals surface area contributed by atoms with E-state index in [0.717, 1.165) is 19.5 Å². The zero-order valence-corrected chi connectivity index (χ0v) is 7.67. The molecule has 12 heavy (non-hydrogen) atoms. The number of nitrogens with zero attached hydrogens (tertiary/aromatic N) is 1. The highest BCUT2D eigenvalue weighted by atomic mass is 16.5. The third-order valence-corrected chi connectivity index (χ3v) is 2.05. The predicted molar refractivity (Wildman–Crippen MR) is 46.1 cm³/mol. The highest BCUT2D eigenvalue weighted by molar-refractivity contribution is 5.74. The average Bonchev–Trinajstić information content (AvgIpc) is 2.09. The second kappa shape index (κ2) is 4.30. The lowest BCUT2D eigenvalue weighted by molar-refractivity contribution is 0.0818. The fourth-order valence-corrected chi connectivity index (χ4v) is 1.24. The van der Waals surface area contributed by atoms with E-state index >= 15 is 0 Å². The number of ether oxygens (including phenoxy) is 1. The van der Waals surface area contributed by atoms with E-state index in [1.807, 2.05) is 6.92 Å². The van der Waals surface area contributed by atoms with Crippen LogP contribution in [0.3, 0.4) is 0 Å². The van der Waals surface area contributed by atoms with Gasteiger partial charge in [0.2, 0.25) is 0 Å². The second-order valence-electron chi connectivity index (χ2n) is 3.08. The van der Waals surface area contributed by atoms with Crippen molar-refractivity contribution in [2.75, 3.05) is 26.7 Å². The summed E-state index contributed by atoms with van der Waals surface area (Å²) in [6.45, 7) is 4.29. The fraction of sp³-hybridized carbons (Fsp3) is 0.875. The summed E-state index contributed by atoms with van der Waals surface area (Å²) in [5.41, 5.74) is 0. The van der Waals surface area contributed by atoms with Crippen molar-refractivity contribution >= 4 is 6.03 Å². The maximum absolute atomic E-state index is 11.2. The van der Waals surface area contributed by atoms with E-state index in [1.54, 1.807) is 12.0 Å². The molecular weight excluding hydrogens is 156 g/mol. The van der Waals surface area contributed by atoms with Crippen LogP contribution in [0.2, 0.25) is 0 Å². The number of urea groups is 1. The van der Waals surface area contributed by atoms with Crippen LogP contribution in [0.15, 0.2) is 0 Å². The third kappa shape index (κ3) is 2.37. The largest absolute Gasteiger partial charge is 0.380 e. The van der Waals surface area contributed by atoms with Gasteiger partial charge < -0.3 is 15.0 Å². The standard InChI is InChI=1S/C8H16N2O2/c1-7(12-2)6-10-5-3-4-9-8(10)11/h7H,3-6H2,1-2H3,(H,9,11). The van der Waals surface area contributed by atoms with Crippen LogP contribution < -0.4 is 5.32 Å². The highest BCUT2D eigenvalue weighted by Crippen LogP contribution is 2.01. The zero-order valence-electron chi connectivity index (χ0n) is 7.67. The van der Waals surface area contributed by atoms with Gasteiger partial charge in [0.05, 0.1) is 6.10 Å². The molecule has 1 aliphatic rings. The Bertz CT molecular complexity index is 161. The number of methoxy groups -OCH3 is 1. The molecule has 1 heterocycles. The second-order valence-corrected chi connectivity index (χ2v) is 3.08. The Labute approximate surface area is 72.9 Å². The molecule has 2 amide bonds. The van der Waals surface area contributed by atoms with Gasteiger partial charge in [0.25, 0.3) is 0 Å². The van der Waals surface area contributed by atoms with E-state index in [2.05, 4.69) is 5.32 Å². The summed E-state index contributed by atoms with van der Waals surface area (Å²) < 4.78 is 5.08. The van der Waals surface area contributed by atoms with Crippen LogP contribution in [0.5, 0.6) is 0 Å². The van der Waals surface area contributed by atoms with Gasteiger partial charge in [0.15, 0.2) is 0 Å². The van der Waals surface area contributed by atoms with Crippen LogP contribution >= 0.6 is 0 Å². The molecule has 0 aromatic heterocycles. The van der Waals surface area contributed by atoms with Crippen molar-refractivity contribution in [2.45, 2.75) is 19.4 Å². The molecule has 0 spiro atoms. The fourth-order valence-electron chi connectivity index (χ4n) is 1.24. The van der Waals surface area contributed by atoms with Gasteiger partial charge in [0, 0.05) is 26.7 Å². The normalized spacial score (nSPS) is 20.5. The zero-order chi connectivity index (χ0) is 8.97. The van der Waals surface area contributed by atoms with E-state index in [1.165, 1.54) is 0 Å². The van der Waals surface area contributed by atoms with Crippen molar-refractivity contribution in [1.82, 2.24) is 10.2 Å². The topological polar surface area (TPSA) is 41.6 Å². The van der Waals surface area contributed by atoms with Crippen molar-refractivity contribution in [2.24, 2.45) is 0 Å². The quantitative estimate of drug-likeness (QED) is 0.671. The van der Waals surface area contributed by atoms with Gasteiger partial charge in [-0.1, -0.05) is 0 Å². The van der Waals surface area contributed by atoms with Gasteiger partial charge in [0.1, 0.15) is 0 Å². The van der Waals surface area contributed by atoms with E-state index in [-0.39, 0.29) is 12.1 Å². The maximum Gasteiger partial charge on any atom is 0.317 e. The number of amides is 2. The summed E-state index contributed by atoms with van der Waals surface area (Å²) >= 11 is 0. The van der Waals surface area contributed by atoms with Crippen LogP contribution in [-0.2, 0) is 4.74 Å². The Morgan fingerprint density at radius 3 is 3.08 bits per heavy atom. The van der Waals surface area contributed by atoms with Crippen LogP contribution in [0.4, 0.5) is 4.79 Å². The van der Waals surface area contributed by atoms with E-state index in [0.29, 0.717) is 6.54 Å². The number of carbonyl (C=O) groups is 1. The monoisotopic (exact) mass is 172 g/mol. The molecule has 1 N–H and O–H groups in total. The van der Waals surface area contributed by atoms with Gasteiger partial charge in [-0.15, -0.1) is 0 Å². The predicted octanol–water partition coefficient (Wildman–Crippen LogP) is 0.437. The molecule has 70 valence electrons. The van der Waals surface area contributed by atoms with Gasteiger partial charge in [-0.25, -0.2) is 4.79 Å². The summed E-state index contributed by atoms with van der Waals surface area (Å²) in [6, 6.07) is 0.0325. The molecule has 1 rings (SSSR count). The molecule has 4 heteroatoms. The molecule has 1 aliphatic heterocycles. The van der Waals surface area contributed by atoms with Gasteiger partial charge in [-0.3, -0.25) is 0 Å². The summed E-state index contributed by atoms with van der Waals surface area (Å²) in [5, 5.41) is 2.79. The Balaban J connectivity index is 2.34. The molecule has 1 atom stereocenters. The molecule has 1 fully saturated rings. The summed E-state index contributed by atoms with van der Waals surface area (Å²) in [7, 11) is 1.66. The summed E-state index contributed by atoms with van der Waals surface area (Å²) in [5.74, 6) is 0. The van der Waals surface area contributed by atoms with Crippen molar-refractivity contribution in [1.29, 1.82) is 0 Å². The van der Waals surface area contributed by atoms with E-state index in [4.69, 9.17) is 4.74 Å². The first-order valence-corrected chi connectivity index (χ1v) is 4.29. The lowest BCUT2D eigenvalue weighted by Crippen LogP contribution is -2.48. The minimum atomic E-state index is 0.0325. The number of carbonyl (C=O) groups excluding carboxylic acids is 1. The molecule has 0 bridgehead atoms. The minimum absolute atomic E-state index is 0.0325. The van der Waals surface area contributed by atoms with Crippen LogP contribution in [-0.4, -0.2) is 43.8 Å². The Morgan fingerprint density at radius 1 is 1.75 bits per heavy atom. The SMILES string of the molecule is COC(C)CN1CCCNC1=O. The molecular formula is C8H16N2O2. The first kappa shape index (κ1) is 9.32. The Hall–Kier alpha value is -0.770. The summed E-state index contributed by atoms with van der Waals surface area (Å²) in [4.78, 5) is 13.0. The van der Waals surface area contributed by atoms with Crippen LogP contribution in [0, 0.1) is 0 Å².